The molecule has 0 saturated carbocycles. The van der Waals surface area contributed by atoms with Gasteiger partial charge in [-0.25, -0.2) is 0 Å². The maximum Gasteiger partial charge on any atom is 0.0508 e. The first kappa shape index (κ1) is 10.5. The van der Waals surface area contributed by atoms with Crippen molar-refractivity contribution in [1.29, 1.82) is 0 Å². The first-order chi connectivity index (χ1) is 5.77. The van der Waals surface area contributed by atoms with Gasteiger partial charge in [0.1, 0.15) is 0 Å². The van der Waals surface area contributed by atoms with E-state index in [0.29, 0.717) is 0 Å². The molecule has 0 aromatic heterocycles. The number of halogens is 1. The molecular formula is C10H18IN. The highest BCUT2D eigenvalue weighted by Gasteiger charge is 2.18. The fraction of sp³-hybridized carbons (Fsp3) is 0.800. The highest BCUT2D eigenvalue weighted by Crippen LogP contribution is 2.22. The summed E-state index contributed by atoms with van der Waals surface area (Å²) in [5.41, 5.74) is 1.45. The normalized spacial score (nSPS) is 27.2. The smallest absolute Gasteiger partial charge is 0.0508 e. The van der Waals surface area contributed by atoms with E-state index >= 15 is 0 Å². The molecule has 0 aromatic rings. The zero-order chi connectivity index (χ0) is 8.97. The first-order valence-electron chi connectivity index (χ1n) is 4.74. The summed E-state index contributed by atoms with van der Waals surface area (Å²) >= 11 is 2.47. The van der Waals surface area contributed by atoms with Crippen molar-refractivity contribution in [2.24, 2.45) is 0 Å². The SMILES string of the molecule is C=C1CCC(CC)N(CI)CC1. The molecule has 0 aromatic carbocycles. The third-order valence-corrected chi connectivity index (χ3v) is 3.60. The summed E-state index contributed by atoms with van der Waals surface area (Å²) in [7, 11) is 0. The first-order valence-corrected chi connectivity index (χ1v) is 6.27. The van der Waals surface area contributed by atoms with E-state index in [0.717, 1.165) is 6.04 Å². The molecule has 2 heteroatoms. The van der Waals surface area contributed by atoms with Crippen LogP contribution in [0.1, 0.15) is 32.6 Å². The standard InChI is InChI=1S/C10H18IN/c1-3-10-5-4-9(2)6-7-12(10)8-11/h10H,2-8H2,1H3. The molecule has 1 nitrogen and oxygen atoms in total. The number of likely N-dealkylation sites (tertiary alicyclic amines) is 1. The lowest BCUT2D eigenvalue weighted by atomic mass is 10.1. The van der Waals surface area contributed by atoms with E-state index in [1.165, 1.54) is 42.4 Å². The molecule has 70 valence electrons. The van der Waals surface area contributed by atoms with Crippen LogP contribution in [0.25, 0.3) is 0 Å². The molecule has 1 rings (SSSR count). The Balaban J connectivity index is 2.52. The van der Waals surface area contributed by atoms with Crippen molar-refractivity contribution in [1.82, 2.24) is 4.90 Å². The summed E-state index contributed by atoms with van der Waals surface area (Å²) in [4.78, 5) is 2.58. The van der Waals surface area contributed by atoms with Gasteiger partial charge in [-0.15, -0.1) is 0 Å². The molecule has 0 aliphatic carbocycles. The molecule has 0 bridgehead atoms. The van der Waals surface area contributed by atoms with Gasteiger partial charge >= 0.3 is 0 Å². The highest BCUT2D eigenvalue weighted by molar-refractivity contribution is 14.1. The van der Waals surface area contributed by atoms with Crippen LogP contribution in [0.15, 0.2) is 12.2 Å². The molecule has 1 unspecified atom stereocenters. The second-order valence-corrected chi connectivity index (χ2v) is 4.21. The van der Waals surface area contributed by atoms with Crippen molar-refractivity contribution in [3.63, 3.8) is 0 Å². The lowest BCUT2D eigenvalue weighted by Crippen LogP contribution is -2.32. The summed E-state index contributed by atoms with van der Waals surface area (Å²) in [6.45, 7) is 7.59. The topological polar surface area (TPSA) is 3.24 Å². The van der Waals surface area contributed by atoms with Crippen molar-refractivity contribution in [3.05, 3.63) is 12.2 Å². The van der Waals surface area contributed by atoms with E-state index in [4.69, 9.17) is 0 Å². The molecule has 0 radical (unpaired) electrons. The van der Waals surface area contributed by atoms with Crippen LogP contribution in [0.5, 0.6) is 0 Å². The van der Waals surface area contributed by atoms with Gasteiger partial charge in [-0.1, -0.05) is 41.7 Å². The summed E-state index contributed by atoms with van der Waals surface area (Å²) < 4.78 is 1.17. The van der Waals surface area contributed by atoms with Crippen LogP contribution < -0.4 is 0 Å². The molecule has 1 fully saturated rings. The van der Waals surface area contributed by atoms with E-state index in [9.17, 15) is 0 Å². The van der Waals surface area contributed by atoms with Crippen LogP contribution in [0.3, 0.4) is 0 Å². The van der Waals surface area contributed by atoms with Crippen molar-refractivity contribution >= 4 is 22.6 Å². The Labute approximate surface area is 89.3 Å². The average molecular weight is 279 g/mol. The average Bonchev–Trinajstić information content (AvgIpc) is 2.27. The van der Waals surface area contributed by atoms with Crippen molar-refractivity contribution in [2.45, 2.75) is 38.6 Å². The largest absolute Gasteiger partial charge is 0.291 e. The van der Waals surface area contributed by atoms with E-state index < -0.39 is 0 Å². The van der Waals surface area contributed by atoms with Crippen molar-refractivity contribution in [2.75, 3.05) is 11.1 Å². The lowest BCUT2D eigenvalue weighted by Gasteiger charge is -2.26. The van der Waals surface area contributed by atoms with Gasteiger partial charge in [0.05, 0.1) is 4.55 Å². The second-order valence-electron chi connectivity index (χ2n) is 3.53. The number of hydrogen-bond donors (Lipinski definition) is 0. The monoisotopic (exact) mass is 279 g/mol. The molecule has 0 spiro atoms. The second kappa shape index (κ2) is 5.22. The van der Waals surface area contributed by atoms with E-state index in [2.05, 4.69) is 41.0 Å². The zero-order valence-corrected chi connectivity index (χ0v) is 10.0. The molecule has 12 heavy (non-hydrogen) atoms. The molecule has 1 aliphatic rings. The predicted molar refractivity (Wildman–Crippen MR) is 62.7 cm³/mol. The Hall–Kier alpha value is 0.430. The molecular weight excluding hydrogens is 261 g/mol. The highest BCUT2D eigenvalue weighted by atomic mass is 127. The number of nitrogens with zero attached hydrogens (tertiary/aromatic N) is 1. The van der Waals surface area contributed by atoms with Crippen LogP contribution in [-0.4, -0.2) is 22.0 Å². The van der Waals surface area contributed by atoms with Gasteiger partial charge in [0.15, 0.2) is 0 Å². The van der Waals surface area contributed by atoms with Gasteiger partial charge < -0.3 is 0 Å². The molecule has 1 atom stereocenters. The third kappa shape index (κ3) is 2.73. The molecule has 0 amide bonds. The van der Waals surface area contributed by atoms with Gasteiger partial charge in [-0.3, -0.25) is 4.90 Å². The Bertz CT molecular complexity index is 140. The van der Waals surface area contributed by atoms with Gasteiger partial charge in [-0.2, -0.15) is 0 Å². The summed E-state index contributed by atoms with van der Waals surface area (Å²) in [5, 5.41) is 0. The molecule has 1 aliphatic heterocycles. The van der Waals surface area contributed by atoms with Crippen LogP contribution >= 0.6 is 22.6 Å². The number of alkyl halides is 1. The van der Waals surface area contributed by atoms with Gasteiger partial charge in [0, 0.05) is 12.6 Å². The fourth-order valence-electron chi connectivity index (χ4n) is 1.78. The van der Waals surface area contributed by atoms with Crippen LogP contribution in [0.2, 0.25) is 0 Å². The van der Waals surface area contributed by atoms with Crippen LogP contribution in [0.4, 0.5) is 0 Å². The lowest BCUT2D eigenvalue weighted by molar-refractivity contribution is 0.236. The van der Waals surface area contributed by atoms with Crippen molar-refractivity contribution < 1.29 is 0 Å². The molecule has 1 saturated heterocycles. The van der Waals surface area contributed by atoms with Crippen LogP contribution in [0, 0.1) is 0 Å². The zero-order valence-electron chi connectivity index (χ0n) is 7.85. The van der Waals surface area contributed by atoms with E-state index in [-0.39, 0.29) is 0 Å². The van der Waals surface area contributed by atoms with Gasteiger partial charge in [0.2, 0.25) is 0 Å². The Morgan fingerprint density at radius 2 is 2.33 bits per heavy atom. The minimum absolute atomic E-state index is 0.807. The van der Waals surface area contributed by atoms with Gasteiger partial charge in [0.25, 0.3) is 0 Å². The van der Waals surface area contributed by atoms with Crippen molar-refractivity contribution in [3.8, 4) is 0 Å². The maximum atomic E-state index is 4.08. The number of hydrogen-bond acceptors (Lipinski definition) is 1. The Morgan fingerprint density at radius 1 is 1.58 bits per heavy atom. The molecule has 0 N–H and O–H groups in total. The quantitative estimate of drug-likeness (QED) is 0.325. The summed E-state index contributed by atoms with van der Waals surface area (Å²) in [6.07, 6.45) is 5.06. The predicted octanol–water partition coefficient (Wildman–Crippen LogP) is 3.20. The number of rotatable bonds is 2. The minimum Gasteiger partial charge on any atom is -0.291 e. The van der Waals surface area contributed by atoms with E-state index in [1.54, 1.807) is 0 Å². The van der Waals surface area contributed by atoms with Crippen LogP contribution in [-0.2, 0) is 0 Å². The maximum absolute atomic E-state index is 4.08. The summed E-state index contributed by atoms with van der Waals surface area (Å²) in [6, 6.07) is 0.807. The Morgan fingerprint density at radius 3 is 2.92 bits per heavy atom. The Kier molecular flexibility index (Phi) is 4.57. The summed E-state index contributed by atoms with van der Waals surface area (Å²) in [5.74, 6) is 0. The van der Waals surface area contributed by atoms with E-state index in [1.807, 2.05) is 0 Å². The fourth-order valence-corrected chi connectivity index (χ4v) is 2.68. The third-order valence-electron chi connectivity index (χ3n) is 2.72. The minimum atomic E-state index is 0.807. The van der Waals surface area contributed by atoms with Gasteiger partial charge in [-0.05, 0) is 25.7 Å². The molecule has 1 heterocycles.